The Hall–Kier alpha value is -2.88. The van der Waals surface area contributed by atoms with E-state index in [-0.39, 0.29) is 28.8 Å². The third-order valence-corrected chi connectivity index (χ3v) is 11.0. The molecule has 0 unspecified atom stereocenters. The minimum absolute atomic E-state index is 0.0322. The van der Waals surface area contributed by atoms with Crippen LogP contribution in [0.1, 0.15) is 52.9 Å². The molecule has 41 heavy (non-hydrogen) atoms. The number of nitrogens with one attached hydrogen (secondary N) is 1. The van der Waals surface area contributed by atoms with Crippen molar-refractivity contribution in [2.45, 2.75) is 85.7 Å². The van der Waals surface area contributed by atoms with Crippen molar-refractivity contribution in [3.05, 3.63) is 29.3 Å². The lowest BCUT2D eigenvalue weighted by molar-refractivity contribution is -0.145. The number of rotatable bonds is 6. The fraction of sp³-hybridized carbons (Fsp3) is 0.643. The van der Waals surface area contributed by atoms with Crippen LogP contribution in [0.5, 0.6) is 0 Å². The molecule has 4 fully saturated rings. The summed E-state index contributed by atoms with van der Waals surface area (Å²) in [6.45, 7) is 6.96. The summed E-state index contributed by atoms with van der Waals surface area (Å²) in [6, 6.07) is 7.24. The van der Waals surface area contributed by atoms with Crippen molar-refractivity contribution in [1.29, 1.82) is 5.26 Å². The van der Waals surface area contributed by atoms with Crippen LogP contribution in [0, 0.1) is 11.3 Å². The monoisotopic (exact) mass is 605 g/mol. The molecule has 5 rings (SSSR count). The zero-order valence-corrected chi connectivity index (χ0v) is 25.1. The first kappa shape index (κ1) is 29.6. The zero-order chi connectivity index (χ0) is 29.8. The van der Waals surface area contributed by atoms with Crippen LogP contribution in [0.4, 0.5) is 4.79 Å². The van der Waals surface area contributed by atoms with Crippen LogP contribution in [0.3, 0.4) is 0 Å². The summed E-state index contributed by atoms with van der Waals surface area (Å²) in [5, 5.41) is 11.3. The van der Waals surface area contributed by atoms with E-state index in [0.717, 1.165) is 0 Å². The number of hydrogen-bond acceptors (Lipinski definition) is 8. The standard InChI is InChI=1S/C28H36ClN5O6S/c1-26(2,3)40-25(37)32-12-14-33(15-13-32)28(10-11-28)24(36)34-17-19(41(38,39)22-7-5-4-6-20(22)29)16-21(34)23(35)31-27(18-30)8-9-27/h4-7,19,21H,8-17H2,1-3H3,(H,31,35)/t19-,21+/m1/s1. The van der Waals surface area contributed by atoms with E-state index >= 15 is 0 Å². The van der Waals surface area contributed by atoms with Crippen LogP contribution in [0.25, 0.3) is 0 Å². The summed E-state index contributed by atoms with van der Waals surface area (Å²) in [5.74, 6) is -0.804. The van der Waals surface area contributed by atoms with Gasteiger partial charge in [-0.25, -0.2) is 13.2 Å². The van der Waals surface area contributed by atoms with Gasteiger partial charge in [0.25, 0.3) is 0 Å². The SMILES string of the molecule is CC(C)(C)OC(=O)N1CCN(C2(C(=O)N3C[C@H](S(=O)(=O)c4ccccc4Cl)C[C@H]3C(=O)NC3(C#N)CC3)CC2)CC1. The summed E-state index contributed by atoms with van der Waals surface area (Å²) in [5.41, 5.74) is -2.42. The van der Waals surface area contributed by atoms with Crippen LogP contribution in [0.15, 0.2) is 29.2 Å². The Morgan fingerprint density at radius 1 is 1.07 bits per heavy atom. The van der Waals surface area contributed by atoms with Crippen LogP contribution >= 0.6 is 11.6 Å². The molecule has 2 saturated heterocycles. The van der Waals surface area contributed by atoms with Crippen LogP contribution in [-0.4, -0.2) is 102 Å². The predicted octanol–water partition coefficient (Wildman–Crippen LogP) is 2.34. The lowest BCUT2D eigenvalue weighted by atomic mass is 10.1. The van der Waals surface area contributed by atoms with Gasteiger partial charge in [0.05, 0.1) is 21.2 Å². The van der Waals surface area contributed by atoms with Crippen molar-refractivity contribution in [3.63, 3.8) is 0 Å². The van der Waals surface area contributed by atoms with Crippen LogP contribution in [-0.2, 0) is 24.2 Å². The number of carbonyl (C=O) groups is 3. The van der Waals surface area contributed by atoms with E-state index in [0.29, 0.717) is 51.9 Å². The highest BCUT2D eigenvalue weighted by molar-refractivity contribution is 7.92. The van der Waals surface area contributed by atoms with Crippen molar-refractivity contribution in [2.24, 2.45) is 0 Å². The number of nitriles is 1. The molecule has 0 bridgehead atoms. The second-order valence-electron chi connectivity index (χ2n) is 12.5. The normalized spacial score (nSPS) is 25.2. The van der Waals surface area contributed by atoms with Gasteiger partial charge in [-0.05, 0) is 65.0 Å². The fourth-order valence-corrected chi connectivity index (χ4v) is 7.97. The maximum absolute atomic E-state index is 14.2. The lowest BCUT2D eigenvalue weighted by Gasteiger charge is -2.41. The molecule has 2 aliphatic carbocycles. The summed E-state index contributed by atoms with van der Waals surface area (Å²) in [6.07, 6.45) is 1.70. The Labute approximate surface area is 245 Å². The molecular formula is C28H36ClN5O6S. The summed E-state index contributed by atoms with van der Waals surface area (Å²) in [7, 11) is -3.96. The number of likely N-dealkylation sites (tertiary alicyclic amines) is 1. The molecule has 0 radical (unpaired) electrons. The largest absolute Gasteiger partial charge is 0.444 e. The number of ether oxygens (including phenoxy) is 1. The second-order valence-corrected chi connectivity index (χ2v) is 15.1. The average Bonchev–Trinajstić information content (AvgIpc) is 3.84. The molecule has 2 heterocycles. The Morgan fingerprint density at radius 3 is 2.24 bits per heavy atom. The number of sulfone groups is 1. The quantitative estimate of drug-likeness (QED) is 0.521. The van der Waals surface area contributed by atoms with E-state index in [1.54, 1.807) is 17.0 Å². The molecule has 0 aromatic heterocycles. The van der Waals surface area contributed by atoms with Gasteiger partial charge in [-0.3, -0.25) is 14.5 Å². The highest BCUT2D eigenvalue weighted by Crippen LogP contribution is 2.46. The Bertz CT molecular complexity index is 1390. The molecule has 13 heteroatoms. The fourth-order valence-electron chi connectivity index (χ4n) is 5.75. The second kappa shape index (κ2) is 10.4. The number of amides is 3. The zero-order valence-electron chi connectivity index (χ0n) is 23.6. The summed E-state index contributed by atoms with van der Waals surface area (Å²) < 4.78 is 32.8. The Morgan fingerprint density at radius 2 is 1.71 bits per heavy atom. The van der Waals surface area contributed by atoms with Crippen LogP contribution < -0.4 is 5.32 Å². The van der Waals surface area contributed by atoms with Gasteiger partial charge in [0, 0.05) is 32.7 Å². The molecule has 2 aliphatic heterocycles. The maximum atomic E-state index is 14.2. The molecule has 2 atom stereocenters. The first-order valence-corrected chi connectivity index (χ1v) is 15.9. The first-order chi connectivity index (χ1) is 19.2. The van der Waals surface area contributed by atoms with Gasteiger partial charge in [0.2, 0.25) is 11.8 Å². The van der Waals surface area contributed by atoms with Crippen molar-refractivity contribution < 1.29 is 27.5 Å². The summed E-state index contributed by atoms with van der Waals surface area (Å²) >= 11 is 6.23. The smallest absolute Gasteiger partial charge is 0.410 e. The van der Waals surface area contributed by atoms with Gasteiger partial charge >= 0.3 is 6.09 Å². The Kier molecular flexibility index (Phi) is 7.54. The molecule has 1 aromatic carbocycles. The first-order valence-electron chi connectivity index (χ1n) is 14.0. The van der Waals surface area contributed by atoms with Gasteiger partial charge in [-0.2, -0.15) is 5.26 Å². The minimum atomic E-state index is -3.96. The molecule has 1 N–H and O–H groups in total. The minimum Gasteiger partial charge on any atom is -0.444 e. The average molecular weight is 606 g/mol. The highest BCUT2D eigenvalue weighted by atomic mass is 35.5. The van der Waals surface area contributed by atoms with Crippen LogP contribution in [0.2, 0.25) is 5.02 Å². The molecule has 2 saturated carbocycles. The molecule has 4 aliphatic rings. The molecule has 3 amide bonds. The van der Waals surface area contributed by atoms with Gasteiger partial charge in [0.1, 0.15) is 22.7 Å². The van der Waals surface area contributed by atoms with Gasteiger partial charge in [-0.15, -0.1) is 0 Å². The van der Waals surface area contributed by atoms with Crippen molar-refractivity contribution in [2.75, 3.05) is 32.7 Å². The molecule has 1 aromatic rings. The highest BCUT2D eigenvalue weighted by Gasteiger charge is 2.60. The van der Waals surface area contributed by atoms with Gasteiger partial charge in [0.15, 0.2) is 9.84 Å². The van der Waals surface area contributed by atoms with E-state index in [2.05, 4.69) is 11.4 Å². The van der Waals surface area contributed by atoms with Gasteiger partial charge < -0.3 is 19.9 Å². The third-order valence-electron chi connectivity index (χ3n) is 8.39. The van der Waals surface area contributed by atoms with Crippen molar-refractivity contribution >= 4 is 39.3 Å². The summed E-state index contributed by atoms with van der Waals surface area (Å²) in [4.78, 5) is 45.2. The van der Waals surface area contributed by atoms with E-state index in [4.69, 9.17) is 16.3 Å². The van der Waals surface area contributed by atoms with Gasteiger partial charge in [-0.1, -0.05) is 23.7 Å². The molecular weight excluding hydrogens is 570 g/mol. The number of halogens is 1. The molecule has 0 spiro atoms. The maximum Gasteiger partial charge on any atom is 0.410 e. The van der Waals surface area contributed by atoms with E-state index in [1.165, 1.54) is 17.0 Å². The lowest BCUT2D eigenvalue weighted by Crippen LogP contribution is -2.60. The Balaban J connectivity index is 1.35. The van der Waals surface area contributed by atoms with Crippen molar-refractivity contribution in [1.82, 2.24) is 20.0 Å². The molecule has 11 nitrogen and oxygen atoms in total. The molecule has 222 valence electrons. The van der Waals surface area contributed by atoms with E-state index in [1.807, 2.05) is 25.7 Å². The van der Waals surface area contributed by atoms with E-state index < -0.39 is 49.8 Å². The number of benzene rings is 1. The van der Waals surface area contributed by atoms with E-state index in [9.17, 15) is 28.1 Å². The number of hydrogen-bond donors (Lipinski definition) is 1. The van der Waals surface area contributed by atoms with Crippen molar-refractivity contribution in [3.8, 4) is 6.07 Å². The number of carbonyl (C=O) groups excluding carboxylic acids is 3. The topological polar surface area (TPSA) is 140 Å². The number of nitrogens with zero attached hydrogens (tertiary/aromatic N) is 4. The number of piperazine rings is 1. The predicted molar refractivity (Wildman–Crippen MR) is 150 cm³/mol. The third kappa shape index (κ3) is 5.76.